The molecule has 0 saturated carbocycles. The van der Waals surface area contributed by atoms with Crippen molar-refractivity contribution >= 4 is 22.5 Å². The van der Waals surface area contributed by atoms with Crippen LogP contribution in [0.1, 0.15) is 17.3 Å². The highest BCUT2D eigenvalue weighted by Gasteiger charge is 2.14. The number of carbonyl (C=O) groups excluding carboxylic acids is 1. The predicted octanol–water partition coefficient (Wildman–Crippen LogP) is 2.81. The number of carbonyl (C=O) groups is 1. The van der Waals surface area contributed by atoms with Crippen LogP contribution in [0.25, 0.3) is 10.9 Å². The Bertz CT molecular complexity index is 950. The molecule has 6 heteroatoms. The lowest BCUT2D eigenvalue weighted by Crippen LogP contribution is -2.20. The van der Waals surface area contributed by atoms with Crippen molar-refractivity contribution in [2.24, 2.45) is 0 Å². The van der Waals surface area contributed by atoms with Gasteiger partial charge < -0.3 is 9.88 Å². The quantitative estimate of drug-likeness (QED) is 0.809. The van der Waals surface area contributed by atoms with E-state index < -0.39 is 11.7 Å². The van der Waals surface area contributed by atoms with Crippen molar-refractivity contribution in [1.29, 1.82) is 0 Å². The molecule has 0 fully saturated rings. The van der Waals surface area contributed by atoms with Crippen molar-refractivity contribution in [3.05, 3.63) is 70.5 Å². The minimum atomic E-state index is -0.570. The van der Waals surface area contributed by atoms with Gasteiger partial charge in [0.25, 0.3) is 5.91 Å². The first kappa shape index (κ1) is 14.9. The van der Waals surface area contributed by atoms with E-state index in [-0.39, 0.29) is 16.7 Å². The van der Waals surface area contributed by atoms with E-state index in [1.54, 1.807) is 29.1 Å². The number of halogens is 1. The molecule has 0 aliphatic rings. The first-order valence-electron chi connectivity index (χ1n) is 7.14. The third kappa shape index (κ3) is 2.96. The predicted molar refractivity (Wildman–Crippen MR) is 86.0 cm³/mol. The molecule has 0 spiro atoms. The second-order valence-electron chi connectivity index (χ2n) is 5.04. The third-order valence-corrected chi connectivity index (χ3v) is 3.51. The number of hydrogen-bond donors (Lipinski definition) is 1. The molecule has 23 heavy (non-hydrogen) atoms. The second-order valence-corrected chi connectivity index (χ2v) is 5.04. The highest BCUT2D eigenvalue weighted by molar-refractivity contribution is 6.11. The molecule has 1 N–H and O–H groups in total. The summed E-state index contributed by atoms with van der Waals surface area (Å²) in [5, 5.41) is 3.07. The van der Waals surface area contributed by atoms with Gasteiger partial charge in [0.15, 0.2) is 0 Å². The molecule has 3 aromatic rings. The number of rotatable bonds is 3. The van der Waals surface area contributed by atoms with Gasteiger partial charge in [0.1, 0.15) is 11.5 Å². The molecule has 0 saturated heterocycles. The Balaban J connectivity index is 2.03. The number of fused-ring (bicyclic) bond motifs is 1. The zero-order valence-corrected chi connectivity index (χ0v) is 12.4. The smallest absolute Gasteiger partial charge is 0.258 e. The largest absolute Gasteiger partial charge is 0.352 e. The number of hydrogen-bond acceptors (Lipinski definition) is 3. The van der Waals surface area contributed by atoms with Gasteiger partial charge in [0, 0.05) is 36.6 Å². The number of anilines is 1. The first-order valence-corrected chi connectivity index (χ1v) is 7.14. The maximum atomic E-state index is 13.7. The summed E-state index contributed by atoms with van der Waals surface area (Å²) in [7, 11) is 0. The molecule has 0 radical (unpaired) electrons. The van der Waals surface area contributed by atoms with Gasteiger partial charge in [-0.1, -0.05) is 6.07 Å². The number of nitrogens with one attached hydrogen (secondary N) is 1. The fourth-order valence-electron chi connectivity index (χ4n) is 2.33. The summed E-state index contributed by atoms with van der Waals surface area (Å²) in [6.07, 6.45) is 4.72. The van der Waals surface area contributed by atoms with Crippen molar-refractivity contribution < 1.29 is 9.18 Å². The maximum Gasteiger partial charge on any atom is 0.258 e. The Kier molecular flexibility index (Phi) is 3.89. The molecule has 1 amide bonds. The number of pyridine rings is 2. The van der Waals surface area contributed by atoms with Gasteiger partial charge in [-0.15, -0.1) is 0 Å². The van der Waals surface area contributed by atoms with Crippen LogP contribution in [0.5, 0.6) is 0 Å². The summed E-state index contributed by atoms with van der Waals surface area (Å²) >= 11 is 0. The Hall–Kier alpha value is -3.02. The second kappa shape index (κ2) is 6.00. The SMILES string of the molecule is CCn1ccc(=O)c(NC(=O)c2cc(F)cc3cccnc23)c1. The Morgan fingerprint density at radius 1 is 1.35 bits per heavy atom. The average Bonchev–Trinajstić information content (AvgIpc) is 2.56. The van der Waals surface area contributed by atoms with Gasteiger partial charge in [-0.2, -0.15) is 0 Å². The minimum absolute atomic E-state index is 0.0897. The number of amides is 1. The maximum absolute atomic E-state index is 13.7. The molecular formula is C17H14FN3O2. The minimum Gasteiger partial charge on any atom is -0.352 e. The highest BCUT2D eigenvalue weighted by Crippen LogP contribution is 2.19. The molecule has 0 aliphatic heterocycles. The molecule has 3 rings (SSSR count). The summed E-state index contributed by atoms with van der Waals surface area (Å²) in [6, 6.07) is 7.15. The molecule has 5 nitrogen and oxygen atoms in total. The van der Waals surface area contributed by atoms with Crippen molar-refractivity contribution in [3.63, 3.8) is 0 Å². The fourth-order valence-corrected chi connectivity index (χ4v) is 2.33. The van der Waals surface area contributed by atoms with Gasteiger partial charge in [0.2, 0.25) is 5.43 Å². The molecule has 2 heterocycles. The Morgan fingerprint density at radius 2 is 2.17 bits per heavy atom. The van der Waals surface area contributed by atoms with E-state index in [0.29, 0.717) is 17.4 Å². The summed E-state index contributed by atoms with van der Waals surface area (Å²) in [4.78, 5) is 28.5. The van der Waals surface area contributed by atoms with E-state index in [4.69, 9.17) is 0 Å². The van der Waals surface area contributed by atoms with E-state index in [1.165, 1.54) is 18.3 Å². The van der Waals surface area contributed by atoms with Crippen LogP contribution in [0, 0.1) is 5.82 Å². The van der Waals surface area contributed by atoms with Gasteiger partial charge in [-0.3, -0.25) is 14.6 Å². The van der Waals surface area contributed by atoms with Crippen molar-refractivity contribution in [2.45, 2.75) is 13.5 Å². The van der Waals surface area contributed by atoms with Crippen LogP contribution in [-0.2, 0) is 6.54 Å². The standard InChI is InChI=1S/C17H14FN3O2/c1-2-21-7-5-15(22)14(10-21)20-17(23)13-9-12(18)8-11-4-3-6-19-16(11)13/h3-10H,2H2,1H3,(H,20,23). The van der Waals surface area contributed by atoms with Crippen LogP contribution in [-0.4, -0.2) is 15.5 Å². The Morgan fingerprint density at radius 3 is 2.96 bits per heavy atom. The Labute approximate surface area is 131 Å². The van der Waals surface area contributed by atoms with Crippen LogP contribution < -0.4 is 10.7 Å². The van der Waals surface area contributed by atoms with Crippen LogP contribution in [0.3, 0.4) is 0 Å². The fraction of sp³-hybridized carbons (Fsp3) is 0.118. The van der Waals surface area contributed by atoms with Gasteiger partial charge in [-0.25, -0.2) is 4.39 Å². The molecule has 116 valence electrons. The zero-order valence-electron chi connectivity index (χ0n) is 12.4. The van der Waals surface area contributed by atoms with E-state index in [0.717, 1.165) is 6.07 Å². The first-order chi connectivity index (χ1) is 11.1. The van der Waals surface area contributed by atoms with Gasteiger partial charge in [0.05, 0.1) is 11.1 Å². The van der Waals surface area contributed by atoms with Crippen molar-refractivity contribution in [3.8, 4) is 0 Å². The lowest BCUT2D eigenvalue weighted by atomic mass is 10.1. The average molecular weight is 311 g/mol. The van der Waals surface area contributed by atoms with Crippen molar-refractivity contribution in [1.82, 2.24) is 9.55 Å². The monoisotopic (exact) mass is 311 g/mol. The number of benzene rings is 1. The van der Waals surface area contributed by atoms with E-state index in [9.17, 15) is 14.0 Å². The lowest BCUT2D eigenvalue weighted by Gasteiger charge is -2.09. The van der Waals surface area contributed by atoms with Crippen LogP contribution in [0.2, 0.25) is 0 Å². The molecule has 0 bridgehead atoms. The highest BCUT2D eigenvalue weighted by atomic mass is 19.1. The number of nitrogens with zero attached hydrogens (tertiary/aromatic N) is 2. The normalized spacial score (nSPS) is 10.7. The third-order valence-electron chi connectivity index (χ3n) is 3.51. The molecule has 0 atom stereocenters. The van der Waals surface area contributed by atoms with Crippen LogP contribution in [0.4, 0.5) is 10.1 Å². The van der Waals surface area contributed by atoms with Crippen molar-refractivity contribution in [2.75, 3.05) is 5.32 Å². The van der Waals surface area contributed by atoms with E-state index >= 15 is 0 Å². The number of aryl methyl sites for hydroxylation is 1. The summed E-state index contributed by atoms with van der Waals surface area (Å²) in [5.74, 6) is -1.10. The summed E-state index contributed by atoms with van der Waals surface area (Å²) < 4.78 is 15.5. The van der Waals surface area contributed by atoms with Gasteiger partial charge in [-0.05, 0) is 25.1 Å². The van der Waals surface area contributed by atoms with Gasteiger partial charge >= 0.3 is 0 Å². The molecule has 2 aromatic heterocycles. The van der Waals surface area contributed by atoms with Crippen LogP contribution >= 0.6 is 0 Å². The topological polar surface area (TPSA) is 64.0 Å². The molecular weight excluding hydrogens is 297 g/mol. The van der Waals surface area contributed by atoms with E-state index in [1.807, 2.05) is 6.92 Å². The zero-order chi connectivity index (χ0) is 16.4. The van der Waals surface area contributed by atoms with E-state index in [2.05, 4.69) is 10.3 Å². The lowest BCUT2D eigenvalue weighted by molar-refractivity contribution is 0.102. The molecule has 0 aliphatic carbocycles. The summed E-state index contributed by atoms with van der Waals surface area (Å²) in [6.45, 7) is 2.58. The number of aromatic nitrogens is 2. The molecule has 0 unspecified atom stereocenters. The summed E-state index contributed by atoms with van der Waals surface area (Å²) in [5.41, 5.74) is 0.314. The van der Waals surface area contributed by atoms with Crippen LogP contribution in [0.15, 0.2) is 53.7 Å². The molecule has 1 aromatic carbocycles.